The first-order valence-electron chi connectivity index (χ1n) is 5.42. The van der Waals surface area contributed by atoms with E-state index in [2.05, 4.69) is 17.1 Å². The molecule has 0 amide bonds. The van der Waals surface area contributed by atoms with Crippen LogP contribution in [-0.2, 0) is 0 Å². The molecule has 2 aromatic carbocycles. The van der Waals surface area contributed by atoms with E-state index in [-0.39, 0.29) is 0 Å². The Bertz CT molecular complexity index is 644. The molecule has 0 saturated heterocycles. The number of hydrogen-bond acceptors (Lipinski definition) is 2. The molecule has 0 unspecified atom stereocenters. The number of fused-ring (bicyclic) bond motifs is 1. The average molecular weight is 240 g/mol. The van der Waals surface area contributed by atoms with Crippen LogP contribution in [0.2, 0.25) is 0 Å². The Morgan fingerprint density at radius 2 is 1.82 bits per heavy atom. The van der Waals surface area contributed by atoms with Crippen molar-refractivity contribution in [3.63, 3.8) is 0 Å². The highest BCUT2D eigenvalue weighted by atomic mass is 32.2. The number of benzene rings is 2. The summed E-state index contributed by atoms with van der Waals surface area (Å²) < 4.78 is 0. The number of rotatable bonds is 2. The Kier molecular flexibility index (Phi) is 2.53. The minimum Gasteiger partial charge on any atom is -0.399 e. The summed E-state index contributed by atoms with van der Waals surface area (Å²) in [5, 5.41) is 1.18. The zero-order valence-electron chi connectivity index (χ0n) is 9.18. The number of nitrogens with one attached hydrogen (secondary N) is 1. The summed E-state index contributed by atoms with van der Waals surface area (Å²) in [6.45, 7) is 0. The van der Waals surface area contributed by atoms with E-state index in [1.807, 2.05) is 42.6 Å². The van der Waals surface area contributed by atoms with Crippen molar-refractivity contribution >= 4 is 28.4 Å². The molecule has 0 aliphatic carbocycles. The lowest BCUT2D eigenvalue weighted by Crippen LogP contribution is -1.82. The van der Waals surface area contributed by atoms with E-state index in [1.165, 1.54) is 15.2 Å². The Hall–Kier alpha value is -1.87. The summed E-state index contributed by atoms with van der Waals surface area (Å²) in [5.41, 5.74) is 7.74. The van der Waals surface area contributed by atoms with Crippen LogP contribution in [0.15, 0.2) is 64.5 Å². The van der Waals surface area contributed by atoms with Gasteiger partial charge in [-0.15, -0.1) is 0 Å². The van der Waals surface area contributed by atoms with E-state index < -0.39 is 0 Å². The van der Waals surface area contributed by atoms with Crippen molar-refractivity contribution in [2.24, 2.45) is 0 Å². The minimum atomic E-state index is 0.798. The summed E-state index contributed by atoms with van der Waals surface area (Å²) in [5.74, 6) is 0. The van der Waals surface area contributed by atoms with Crippen LogP contribution < -0.4 is 5.73 Å². The van der Waals surface area contributed by atoms with Gasteiger partial charge in [0.1, 0.15) is 0 Å². The van der Waals surface area contributed by atoms with Gasteiger partial charge in [0.15, 0.2) is 0 Å². The third-order valence-electron chi connectivity index (χ3n) is 2.64. The largest absolute Gasteiger partial charge is 0.399 e. The van der Waals surface area contributed by atoms with Crippen LogP contribution in [0, 0.1) is 0 Å². The molecule has 2 nitrogen and oxygen atoms in total. The molecular weight excluding hydrogens is 228 g/mol. The molecule has 0 radical (unpaired) electrons. The Morgan fingerprint density at radius 3 is 2.65 bits per heavy atom. The minimum absolute atomic E-state index is 0.798. The molecule has 0 atom stereocenters. The first kappa shape index (κ1) is 10.3. The number of aromatic amines is 1. The second-order valence-corrected chi connectivity index (χ2v) is 4.99. The maximum absolute atomic E-state index is 5.82. The van der Waals surface area contributed by atoms with Crippen LogP contribution in [0.1, 0.15) is 0 Å². The maximum atomic E-state index is 5.82. The zero-order valence-corrected chi connectivity index (χ0v) is 10.00. The van der Waals surface area contributed by atoms with E-state index in [1.54, 1.807) is 11.8 Å². The van der Waals surface area contributed by atoms with Gasteiger partial charge in [-0.3, -0.25) is 0 Å². The van der Waals surface area contributed by atoms with Crippen molar-refractivity contribution in [3.05, 3.63) is 54.7 Å². The van der Waals surface area contributed by atoms with Crippen molar-refractivity contribution in [2.45, 2.75) is 9.79 Å². The molecule has 3 heteroatoms. The number of nitrogens with two attached hydrogens (primary N) is 1. The summed E-state index contributed by atoms with van der Waals surface area (Å²) in [7, 11) is 0. The molecule has 3 rings (SSSR count). The van der Waals surface area contributed by atoms with Crippen LogP contribution in [0.25, 0.3) is 10.9 Å². The van der Waals surface area contributed by atoms with Gasteiger partial charge in [-0.25, -0.2) is 0 Å². The predicted octanol–water partition coefficient (Wildman–Crippen LogP) is 3.90. The lowest BCUT2D eigenvalue weighted by molar-refractivity contribution is 1.39. The zero-order chi connectivity index (χ0) is 11.7. The first-order valence-corrected chi connectivity index (χ1v) is 6.24. The summed E-state index contributed by atoms with van der Waals surface area (Å²) >= 11 is 1.75. The topological polar surface area (TPSA) is 41.8 Å². The van der Waals surface area contributed by atoms with Crippen LogP contribution in [0.5, 0.6) is 0 Å². The number of anilines is 1. The monoisotopic (exact) mass is 240 g/mol. The quantitative estimate of drug-likeness (QED) is 0.667. The van der Waals surface area contributed by atoms with Crippen molar-refractivity contribution in [2.75, 3.05) is 5.73 Å². The van der Waals surface area contributed by atoms with Crippen molar-refractivity contribution in [3.8, 4) is 0 Å². The van der Waals surface area contributed by atoms with Crippen LogP contribution in [0.4, 0.5) is 5.69 Å². The summed E-state index contributed by atoms with van der Waals surface area (Å²) in [4.78, 5) is 5.70. The molecule has 3 N–H and O–H groups in total. The number of hydrogen-bond donors (Lipinski definition) is 2. The summed E-state index contributed by atoms with van der Waals surface area (Å²) in [6.07, 6.45) is 2.03. The Balaban J connectivity index is 2.03. The third kappa shape index (κ3) is 2.01. The number of H-pyrrole nitrogens is 1. The highest BCUT2D eigenvalue weighted by Crippen LogP contribution is 2.34. The molecule has 3 aromatic rings. The molecular formula is C14H12N2S. The third-order valence-corrected chi connectivity index (χ3v) is 3.70. The van der Waals surface area contributed by atoms with Gasteiger partial charge in [-0.05, 0) is 30.3 Å². The van der Waals surface area contributed by atoms with Crippen molar-refractivity contribution in [1.82, 2.24) is 4.98 Å². The second kappa shape index (κ2) is 4.18. The fourth-order valence-electron chi connectivity index (χ4n) is 1.81. The average Bonchev–Trinajstić information content (AvgIpc) is 2.73. The molecule has 0 aliphatic heterocycles. The molecule has 1 heterocycles. The fourth-order valence-corrected chi connectivity index (χ4v) is 2.76. The SMILES string of the molecule is Nc1ccc2[nH]cc(Sc3ccccc3)c2c1. The van der Waals surface area contributed by atoms with E-state index in [0.717, 1.165) is 11.2 Å². The van der Waals surface area contributed by atoms with Gasteiger partial charge in [0.25, 0.3) is 0 Å². The molecule has 0 bridgehead atoms. The Morgan fingerprint density at radius 1 is 1.00 bits per heavy atom. The van der Waals surface area contributed by atoms with E-state index in [4.69, 9.17) is 5.73 Å². The van der Waals surface area contributed by atoms with Crippen LogP contribution in [0.3, 0.4) is 0 Å². The number of aromatic nitrogens is 1. The second-order valence-electron chi connectivity index (χ2n) is 3.87. The van der Waals surface area contributed by atoms with Gasteiger partial charge >= 0.3 is 0 Å². The highest BCUT2D eigenvalue weighted by Gasteiger charge is 2.05. The lowest BCUT2D eigenvalue weighted by Gasteiger charge is -2.00. The molecule has 84 valence electrons. The molecule has 0 spiro atoms. The van der Waals surface area contributed by atoms with E-state index in [9.17, 15) is 0 Å². The van der Waals surface area contributed by atoms with Gasteiger partial charge in [-0.1, -0.05) is 30.0 Å². The molecule has 1 aromatic heterocycles. The highest BCUT2D eigenvalue weighted by molar-refractivity contribution is 7.99. The van der Waals surface area contributed by atoms with Crippen molar-refractivity contribution < 1.29 is 0 Å². The fraction of sp³-hybridized carbons (Fsp3) is 0. The first-order chi connectivity index (χ1) is 8.33. The standard InChI is InChI=1S/C14H12N2S/c15-10-6-7-13-12(8-10)14(9-16-13)17-11-4-2-1-3-5-11/h1-9,16H,15H2. The van der Waals surface area contributed by atoms with Gasteiger partial charge in [0.2, 0.25) is 0 Å². The van der Waals surface area contributed by atoms with Crippen molar-refractivity contribution in [1.29, 1.82) is 0 Å². The van der Waals surface area contributed by atoms with E-state index >= 15 is 0 Å². The lowest BCUT2D eigenvalue weighted by atomic mass is 10.2. The molecule has 0 saturated carbocycles. The Labute approximate surface area is 104 Å². The smallest absolute Gasteiger partial charge is 0.0467 e. The van der Waals surface area contributed by atoms with Crippen LogP contribution >= 0.6 is 11.8 Å². The molecule has 17 heavy (non-hydrogen) atoms. The summed E-state index contributed by atoms with van der Waals surface area (Å²) in [6, 6.07) is 16.3. The maximum Gasteiger partial charge on any atom is 0.0467 e. The molecule has 0 aliphatic rings. The van der Waals surface area contributed by atoms with Gasteiger partial charge < -0.3 is 10.7 Å². The molecule has 0 fully saturated rings. The normalized spacial score (nSPS) is 10.8. The van der Waals surface area contributed by atoms with Gasteiger partial charge in [0.05, 0.1) is 0 Å². The predicted molar refractivity (Wildman–Crippen MR) is 73.3 cm³/mol. The van der Waals surface area contributed by atoms with Gasteiger partial charge in [-0.2, -0.15) is 0 Å². The van der Waals surface area contributed by atoms with Crippen LogP contribution in [-0.4, -0.2) is 4.98 Å². The number of nitrogen functional groups attached to an aromatic ring is 1. The van der Waals surface area contributed by atoms with E-state index in [0.29, 0.717) is 0 Å². The van der Waals surface area contributed by atoms with Gasteiger partial charge in [0, 0.05) is 32.6 Å².